The Morgan fingerprint density at radius 3 is 2.14 bits per heavy atom. The van der Waals surface area contributed by atoms with Crippen LogP contribution in [0.4, 0.5) is 0 Å². The van der Waals surface area contributed by atoms with Gasteiger partial charge < -0.3 is 9.84 Å². The van der Waals surface area contributed by atoms with Gasteiger partial charge in [0.05, 0.1) is 0 Å². The van der Waals surface area contributed by atoms with E-state index in [0.717, 1.165) is 25.9 Å². The first-order valence-corrected chi connectivity index (χ1v) is 7.48. The van der Waals surface area contributed by atoms with Gasteiger partial charge in [0.2, 0.25) is 0 Å². The van der Waals surface area contributed by atoms with Crippen molar-refractivity contribution < 1.29 is 9.84 Å². The number of hydrogen-bond donors (Lipinski definition) is 1. The molecule has 0 aliphatic heterocycles. The second-order valence-corrected chi connectivity index (χ2v) is 5.45. The number of aliphatic hydroxyl groups is 1. The van der Waals surface area contributed by atoms with E-state index in [1.165, 1.54) is 23.0 Å². The van der Waals surface area contributed by atoms with Gasteiger partial charge in [-0.05, 0) is 30.8 Å². The van der Waals surface area contributed by atoms with Crippen LogP contribution in [0.2, 0.25) is 0 Å². The average molecular weight is 238 g/mol. The molecule has 0 aromatic rings. The highest BCUT2D eigenvalue weighted by atomic mass is 32.2. The summed E-state index contributed by atoms with van der Waals surface area (Å²) in [5.41, 5.74) is 0. The van der Waals surface area contributed by atoms with Gasteiger partial charge in [0, 0.05) is 31.8 Å². The first-order chi connectivity index (χ1) is 6.91. The molecule has 0 aliphatic carbocycles. The molecule has 86 valence electrons. The van der Waals surface area contributed by atoms with Crippen LogP contribution in [0.5, 0.6) is 0 Å². The molecule has 0 bridgehead atoms. The third-order valence-corrected chi connectivity index (χ3v) is 4.10. The zero-order chi connectivity index (χ0) is 10.5. The van der Waals surface area contributed by atoms with Gasteiger partial charge >= 0.3 is 0 Å². The zero-order valence-electron chi connectivity index (χ0n) is 9.04. The van der Waals surface area contributed by atoms with Gasteiger partial charge in [0.1, 0.15) is 0 Å². The summed E-state index contributed by atoms with van der Waals surface area (Å²) in [5, 5.41) is 8.56. The molecule has 0 unspecified atom stereocenters. The molecule has 0 aliphatic rings. The standard InChI is InChI=1S/C10H22O2S2/c1-12-6-4-8-14-10-9-13-7-3-2-5-11/h11H,2-10H2,1H3. The number of rotatable bonds is 11. The second kappa shape index (κ2) is 13.6. The van der Waals surface area contributed by atoms with Gasteiger partial charge in [-0.15, -0.1) is 0 Å². The number of ether oxygens (including phenoxy) is 1. The second-order valence-electron chi connectivity index (χ2n) is 3.00. The minimum atomic E-state index is 0.340. The van der Waals surface area contributed by atoms with Crippen LogP contribution in [0.25, 0.3) is 0 Å². The van der Waals surface area contributed by atoms with Crippen molar-refractivity contribution in [2.45, 2.75) is 19.3 Å². The fourth-order valence-corrected chi connectivity index (χ4v) is 3.02. The first kappa shape index (κ1) is 14.6. The van der Waals surface area contributed by atoms with E-state index in [1.54, 1.807) is 7.11 Å². The minimum Gasteiger partial charge on any atom is -0.396 e. The van der Waals surface area contributed by atoms with E-state index in [4.69, 9.17) is 9.84 Å². The van der Waals surface area contributed by atoms with Gasteiger partial charge in [-0.1, -0.05) is 0 Å². The number of aliphatic hydroxyl groups excluding tert-OH is 1. The van der Waals surface area contributed by atoms with Crippen LogP contribution in [0.1, 0.15) is 19.3 Å². The Morgan fingerprint density at radius 1 is 0.929 bits per heavy atom. The smallest absolute Gasteiger partial charge is 0.0470 e. The molecule has 0 spiro atoms. The quantitative estimate of drug-likeness (QED) is 0.559. The molecular weight excluding hydrogens is 216 g/mol. The average Bonchev–Trinajstić information content (AvgIpc) is 2.21. The molecule has 0 aromatic carbocycles. The third-order valence-electron chi connectivity index (χ3n) is 1.71. The lowest BCUT2D eigenvalue weighted by Gasteiger charge is -2.01. The van der Waals surface area contributed by atoms with E-state index in [1.807, 2.05) is 23.5 Å². The maximum atomic E-state index is 8.56. The fourth-order valence-electron chi connectivity index (χ4n) is 0.943. The summed E-state index contributed by atoms with van der Waals surface area (Å²) in [5.74, 6) is 4.89. The third kappa shape index (κ3) is 12.6. The summed E-state index contributed by atoms with van der Waals surface area (Å²) in [7, 11) is 1.75. The Balaban J connectivity index is 2.78. The Morgan fingerprint density at radius 2 is 1.57 bits per heavy atom. The van der Waals surface area contributed by atoms with Crippen LogP contribution in [0.15, 0.2) is 0 Å². The molecule has 0 rings (SSSR count). The lowest BCUT2D eigenvalue weighted by molar-refractivity contribution is 0.200. The predicted octanol–water partition coefficient (Wildman–Crippen LogP) is 2.26. The number of hydrogen-bond acceptors (Lipinski definition) is 4. The van der Waals surface area contributed by atoms with Crippen LogP contribution in [-0.2, 0) is 4.74 Å². The summed E-state index contributed by atoms with van der Waals surface area (Å²) in [6, 6.07) is 0. The molecule has 0 aromatic heterocycles. The Kier molecular flexibility index (Phi) is 14.2. The van der Waals surface area contributed by atoms with Gasteiger partial charge in [-0.2, -0.15) is 23.5 Å². The molecule has 14 heavy (non-hydrogen) atoms. The Bertz CT molecular complexity index is 90.1. The van der Waals surface area contributed by atoms with Crippen LogP contribution in [-0.4, -0.2) is 48.4 Å². The van der Waals surface area contributed by atoms with Gasteiger partial charge in [0.15, 0.2) is 0 Å². The van der Waals surface area contributed by atoms with Crippen molar-refractivity contribution in [2.75, 3.05) is 43.3 Å². The lowest BCUT2D eigenvalue weighted by Crippen LogP contribution is -1.93. The molecule has 4 heteroatoms. The summed E-state index contributed by atoms with van der Waals surface area (Å²) in [6.45, 7) is 1.23. The molecule has 2 nitrogen and oxygen atoms in total. The summed E-state index contributed by atoms with van der Waals surface area (Å²) >= 11 is 4.00. The number of thioether (sulfide) groups is 2. The highest BCUT2D eigenvalue weighted by Crippen LogP contribution is 2.09. The Hall–Kier alpha value is 0.620. The minimum absolute atomic E-state index is 0.340. The van der Waals surface area contributed by atoms with E-state index < -0.39 is 0 Å². The fraction of sp³-hybridized carbons (Fsp3) is 1.00. The maximum absolute atomic E-state index is 8.56. The van der Waals surface area contributed by atoms with Gasteiger partial charge in [-0.3, -0.25) is 0 Å². The van der Waals surface area contributed by atoms with Crippen LogP contribution in [0.3, 0.4) is 0 Å². The normalized spacial score (nSPS) is 10.7. The molecule has 0 amide bonds. The van der Waals surface area contributed by atoms with Crippen molar-refractivity contribution in [1.82, 2.24) is 0 Å². The van der Waals surface area contributed by atoms with Gasteiger partial charge in [-0.25, -0.2) is 0 Å². The van der Waals surface area contributed by atoms with Crippen molar-refractivity contribution in [2.24, 2.45) is 0 Å². The van der Waals surface area contributed by atoms with Crippen molar-refractivity contribution in [3.63, 3.8) is 0 Å². The van der Waals surface area contributed by atoms with Crippen LogP contribution < -0.4 is 0 Å². The number of methoxy groups -OCH3 is 1. The van der Waals surface area contributed by atoms with E-state index in [9.17, 15) is 0 Å². The highest BCUT2D eigenvalue weighted by Gasteiger charge is 1.92. The zero-order valence-corrected chi connectivity index (χ0v) is 10.7. The summed E-state index contributed by atoms with van der Waals surface area (Å²) in [4.78, 5) is 0. The summed E-state index contributed by atoms with van der Waals surface area (Å²) < 4.78 is 4.97. The van der Waals surface area contributed by atoms with E-state index >= 15 is 0 Å². The molecular formula is C10H22O2S2. The predicted molar refractivity (Wildman–Crippen MR) is 67.5 cm³/mol. The van der Waals surface area contributed by atoms with E-state index in [2.05, 4.69) is 0 Å². The number of unbranched alkanes of at least 4 members (excludes halogenated alkanes) is 1. The van der Waals surface area contributed by atoms with E-state index in [-0.39, 0.29) is 0 Å². The molecule has 0 heterocycles. The van der Waals surface area contributed by atoms with Crippen LogP contribution in [0, 0.1) is 0 Å². The first-order valence-electron chi connectivity index (χ1n) is 5.17. The van der Waals surface area contributed by atoms with Gasteiger partial charge in [0.25, 0.3) is 0 Å². The maximum Gasteiger partial charge on any atom is 0.0470 e. The largest absolute Gasteiger partial charge is 0.396 e. The van der Waals surface area contributed by atoms with Crippen molar-refractivity contribution in [3.8, 4) is 0 Å². The SMILES string of the molecule is COCCCSCCSCCCCO. The molecule has 0 saturated heterocycles. The van der Waals surface area contributed by atoms with Crippen LogP contribution >= 0.6 is 23.5 Å². The monoisotopic (exact) mass is 238 g/mol. The summed E-state index contributed by atoms with van der Waals surface area (Å²) in [6.07, 6.45) is 3.26. The molecule has 1 N–H and O–H groups in total. The topological polar surface area (TPSA) is 29.5 Å². The van der Waals surface area contributed by atoms with Crippen molar-refractivity contribution in [3.05, 3.63) is 0 Å². The molecule has 0 saturated carbocycles. The highest BCUT2D eigenvalue weighted by molar-refractivity contribution is 8.02. The van der Waals surface area contributed by atoms with Crippen molar-refractivity contribution in [1.29, 1.82) is 0 Å². The Labute approximate surface area is 96.2 Å². The molecule has 0 fully saturated rings. The lowest BCUT2D eigenvalue weighted by atomic mass is 10.4. The van der Waals surface area contributed by atoms with E-state index in [0.29, 0.717) is 6.61 Å². The van der Waals surface area contributed by atoms with Crippen molar-refractivity contribution >= 4 is 23.5 Å². The molecule has 0 radical (unpaired) electrons. The molecule has 0 atom stereocenters.